The van der Waals surface area contributed by atoms with E-state index in [4.69, 9.17) is 8.85 Å². The second kappa shape index (κ2) is 6.72. The van der Waals surface area contributed by atoms with Crippen LogP contribution in [0.5, 0.6) is 0 Å². The Bertz CT molecular complexity index is 124. The lowest BCUT2D eigenvalue weighted by Gasteiger charge is -2.18. The zero-order valence-corrected chi connectivity index (χ0v) is 11.4. The first-order valence-electron chi connectivity index (χ1n) is 4.68. The summed E-state index contributed by atoms with van der Waals surface area (Å²) in [6.07, 6.45) is 1.15. The van der Waals surface area contributed by atoms with Crippen LogP contribution < -0.4 is 4.98 Å². The van der Waals surface area contributed by atoms with Crippen LogP contribution in [0.25, 0.3) is 0 Å². The van der Waals surface area contributed by atoms with Crippen LogP contribution in [0, 0.1) is 0 Å². The van der Waals surface area contributed by atoms with Gasteiger partial charge in [0, 0.05) is 14.2 Å². The molecule has 0 spiro atoms. The predicted octanol–water partition coefficient (Wildman–Crippen LogP) is 1.58. The zero-order valence-electron chi connectivity index (χ0n) is 9.44. The van der Waals surface area contributed by atoms with Crippen molar-refractivity contribution < 1.29 is 8.85 Å². The quantitative estimate of drug-likeness (QED) is 0.522. The van der Waals surface area contributed by atoms with Gasteiger partial charge in [-0.1, -0.05) is 19.6 Å². The number of hydrogen-bond acceptors (Lipinski definition) is 3. The van der Waals surface area contributed by atoms with Gasteiger partial charge in [-0.2, -0.15) is 0 Å². The molecule has 0 aromatic heterocycles. The molecule has 0 bridgehead atoms. The number of hydrogen-bond donors (Lipinski definition) is 1. The van der Waals surface area contributed by atoms with Crippen molar-refractivity contribution in [2.24, 2.45) is 0 Å². The molecule has 0 saturated heterocycles. The zero-order chi connectivity index (χ0) is 10.3. The molecule has 0 aliphatic carbocycles. The van der Waals surface area contributed by atoms with E-state index in [1.165, 1.54) is 0 Å². The summed E-state index contributed by atoms with van der Waals surface area (Å²) in [6.45, 7) is 8.03. The van der Waals surface area contributed by atoms with Crippen molar-refractivity contribution >= 4 is 17.5 Å². The third kappa shape index (κ3) is 8.64. The van der Waals surface area contributed by atoms with Crippen LogP contribution in [-0.2, 0) is 8.85 Å². The average Bonchev–Trinajstić information content (AvgIpc) is 2.03. The number of rotatable bonds is 7. The molecule has 0 atom stereocenters. The largest absolute Gasteiger partial charge is 0.397 e. The van der Waals surface area contributed by atoms with Gasteiger partial charge in [-0.25, -0.2) is 0 Å². The van der Waals surface area contributed by atoms with Gasteiger partial charge in [-0.3, -0.25) is 0 Å². The highest BCUT2D eigenvalue weighted by Crippen LogP contribution is 2.00. The summed E-state index contributed by atoms with van der Waals surface area (Å²) < 4.78 is 10.4. The summed E-state index contributed by atoms with van der Waals surface area (Å²) in [7, 11) is 1.42. The number of nitrogens with one attached hydrogen (secondary N) is 1. The monoisotopic (exact) mass is 220 g/mol. The fraction of sp³-hybridized carbons (Fsp3) is 1.00. The minimum absolute atomic E-state index is 0.965. The molecular formula is C8H22NO2Si2. The molecule has 0 rings (SSSR count). The summed E-state index contributed by atoms with van der Waals surface area (Å²) in [5.41, 5.74) is 0. The molecule has 3 nitrogen and oxygen atoms in total. The van der Waals surface area contributed by atoms with Gasteiger partial charge in [0.05, 0.1) is 0 Å². The van der Waals surface area contributed by atoms with Gasteiger partial charge in [-0.05, 0) is 19.0 Å². The van der Waals surface area contributed by atoms with Crippen molar-refractivity contribution in [3.05, 3.63) is 0 Å². The first-order chi connectivity index (χ1) is 5.99. The van der Waals surface area contributed by atoms with Crippen LogP contribution in [0.2, 0.25) is 25.7 Å². The topological polar surface area (TPSA) is 30.5 Å². The van der Waals surface area contributed by atoms with Crippen LogP contribution in [-0.4, -0.2) is 38.3 Å². The molecule has 0 fully saturated rings. The molecule has 0 heterocycles. The highest BCUT2D eigenvalue weighted by atomic mass is 28.3. The van der Waals surface area contributed by atoms with Crippen LogP contribution in [0.3, 0.4) is 0 Å². The molecule has 1 N–H and O–H groups in total. The Morgan fingerprint density at radius 3 is 2.08 bits per heavy atom. The van der Waals surface area contributed by atoms with Crippen molar-refractivity contribution in [1.82, 2.24) is 4.98 Å². The maximum absolute atomic E-state index is 5.19. The highest BCUT2D eigenvalue weighted by molar-refractivity contribution is 6.73. The summed E-state index contributed by atoms with van der Waals surface area (Å²) in [5.74, 6) is 0. The van der Waals surface area contributed by atoms with E-state index < -0.39 is 17.5 Å². The van der Waals surface area contributed by atoms with Crippen LogP contribution >= 0.6 is 0 Å². The van der Waals surface area contributed by atoms with E-state index in [1.807, 2.05) is 0 Å². The molecule has 5 heteroatoms. The Hall–Kier alpha value is 0.314. The van der Waals surface area contributed by atoms with Gasteiger partial charge in [0.15, 0.2) is 0 Å². The summed E-state index contributed by atoms with van der Waals surface area (Å²) in [4.78, 5) is 3.57. The van der Waals surface area contributed by atoms with E-state index in [2.05, 4.69) is 24.6 Å². The molecule has 0 aliphatic rings. The first kappa shape index (κ1) is 13.3. The van der Waals surface area contributed by atoms with Crippen molar-refractivity contribution in [3.8, 4) is 0 Å². The van der Waals surface area contributed by atoms with Crippen LogP contribution in [0.1, 0.15) is 6.42 Å². The fourth-order valence-electron chi connectivity index (χ4n) is 0.984. The van der Waals surface area contributed by atoms with E-state index in [0.717, 1.165) is 19.0 Å². The molecule has 0 amide bonds. The van der Waals surface area contributed by atoms with Gasteiger partial charge < -0.3 is 13.8 Å². The van der Waals surface area contributed by atoms with Crippen molar-refractivity contribution in [2.45, 2.75) is 32.1 Å². The molecule has 0 aromatic rings. The summed E-state index contributed by atoms with van der Waals surface area (Å²) in [6, 6.07) is 1.06. The normalized spacial score (nSPS) is 12.5. The Morgan fingerprint density at radius 2 is 1.69 bits per heavy atom. The molecule has 0 aromatic carbocycles. The van der Waals surface area contributed by atoms with Crippen molar-refractivity contribution in [3.63, 3.8) is 0 Å². The SMILES string of the molecule is CO[Si](CCCN[Si](C)(C)C)OC. The lowest BCUT2D eigenvalue weighted by molar-refractivity contribution is 0.276. The minimum Gasteiger partial charge on any atom is -0.397 e. The second-order valence-corrected chi connectivity index (χ2v) is 11.0. The molecule has 13 heavy (non-hydrogen) atoms. The highest BCUT2D eigenvalue weighted by Gasteiger charge is 2.14. The van der Waals surface area contributed by atoms with Crippen molar-refractivity contribution in [1.29, 1.82) is 0 Å². The lowest BCUT2D eigenvalue weighted by Crippen LogP contribution is -2.41. The van der Waals surface area contributed by atoms with Crippen LogP contribution in [0.15, 0.2) is 0 Å². The smallest absolute Gasteiger partial charge is 0.384 e. The molecule has 0 unspecified atom stereocenters. The Morgan fingerprint density at radius 1 is 1.15 bits per heavy atom. The molecular weight excluding hydrogens is 198 g/mol. The van der Waals surface area contributed by atoms with E-state index in [9.17, 15) is 0 Å². The standard InChI is InChI=1S/C8H22NO2Si2/c1-10-12(11-2)8-6-7-9-13(3,4)5/h9H,6-8H2,1-5H3. The molecule has 79 valence electrons. The summed E-state index contributed by atoms with van der Waals surface area (Å²) in [5, 5.41) is 0. The van der Waals surface area contributed by atoms with Gasteiger partial charge >= 0.3 is 9.28 Å². The van der Waals surface area contributed by atoms with Gasteiger partial charge in [0.1, 0.15) is 8.24 Å². The Labute approximate surface area is 84.8 Å². The van der Waals surface area contributed by atoms with E-state index in [0.29, 0.717) is 0 Å². The average molecular weight is 220 g/mol. The Kier molecular flexibility index (Phi) is 6.88. The van der Waals surface area contributed by atoms with E-state index in [1.54, 1.807) is 14.2 Å². The van der Waals surface area contributed by atoms with E-state index >= 15 is 0 Å². The Balaban J connectivity index is 3.34. The van der Waals surface area contributed by atoms with E-state index in [-0.39, 0.29) is 0 Å². The van der Waals surface area contributed by atoms with Gasteiger partial charge in [0.2, 0.25) is 0 Å². The third-order valence-corrected chi connectivity index (χ3v) is 4.65. The second-order valence-electron chi connectivity index (χ2n) is 4.06. The molecule has 0 aliphatic heterocycles. The predicted molar refractivity (Wildman–Crippen MR) is 60.5 cm³/mol. The maximum atomic E-state index is 5.19. The van der Waals surface area contributed by atoms with Gasteiger partial charge in [-0.15, -0.1) is 0 Å². The third-order valence-electron chi connectivity index (χ3n) is 1.67. The molecule has 1 radical (unpaired) electrons. The molecule has 0 saturated carbocycles. The van der Waals surface area contributed by atoms with Crippen LogP contribution in [0.4, 0.5) is 0 Å². The first-order valence-corrected chi connectivity index (χ1v) is 9.71. The minimum atomic E-state index is -1.07. The van der Waals surface area contributed by atoms with Crippen molar-refractivity contribution in [2.75, 3.05) is 20.8 Å². The van der Waals surface area contributed by atoms with Gasteiger partial charge in [0.25, 0.3) is 0 Å². The fourth-order valence-corrected chi connectivity index (χ4v) is 2.95. The lowest BCUT2D eigenvalue weighted by atomic mass is 10.5. The summed E-state index contributed by atoms with van der Waals surface area (Å²) >= 11 is 0. The maximum Gasteiger partial charge on any atom is 0.384 e.